The van der Waals surface area contributed by atoms with Crippen molar-refractivity contribution < 1.29 is 4.39 Å². The number of fused-ring (bicyclic) bond motifs is 1. The Morgan fingerprint density at radius 2 is 1.68 bits per heavy atom. The number of nitrogen functional groups attached to an aromatic ring is 1. The van der Waals surface area contributed by atoms with Crippen LogP contribution in [0.4, 0.5) is 10.1 Å². The summed E-state index contributed by atoms with van der Waals surface area (Å²) in [5.74, 6) is 5.55. The Hall–Kier alpha value is -3.91. The number of hydrogen-bond acceptors (Lipinski definition) is 5. The smallest absolute Gasteiger partial charge is 0.350 e. The second-order valence-corrected chi connectivity index (χ2v) is 8.76. The molecule has 7 nitrogen and oxygen atoms in total. The van der Waals surface area contributed by atoms with Crippen molar-refractivity contribution in [1.82, 2.24) is 9.24 Å². The molecule has 0 bridgehead atoms. The molecule has 1 saturated heterocycles. The zero-order valence-electron chi connectivity index (χ0n) is 18.7. The molecule has 2 heterocycles. The molecule has 0 saturated carbocycles. The third-order valence-corrected chi connectivity index (χ3v) is 6.60. The SMILES string of the molecule is NC[C@@H]1CCN(c2cc3c(cc2F)c(=O)n(N)c(=O)n3Cc2ccc(-c3ccccc3)cc2)C1. The van der Waals surface area contributed by atoms with Gasteiger partial charge in [-0.25, -0.2) is 9.18 Å². The van der Waals surface area contributed by atoms with E-state index in [4.69, 9.17) is 11.6 Å². The molecule has 174 valence electrons. The largest absolute Gasteiger partial charge is 0.369 e. The van der Waals surface area contributed by atoms with Crippen LogP contribution in [-0.2, 0) is 6.54 Å². The fraction of sp³-hybridized carbons (Fsp3) is 0.231. The number of hydrogen-bond donors (Lipinski definition) is 2. The highest BCUT2D eigenvalue weighted by molar-refractivity contribution is 5.82. The van der Waals surface area contributed by atoms with Gasteiger partial charge in [0.25, 0.3) is 5.56 Å². The van der Waals surface area contributed by atoms with Gasteiger partial charge in [-0.1, -0.05) is 54.6 Å². The summed E-state index contributed by atoms with van der Waals surface area (Å²) < 4.78 is 17.0. The zero-order chi connectivity index (χ0) is 23.8. The molecule has 1 atom stereocenters. The predicted molar refractivity (Wildman–Crippen MR) is 133 cm³/mol. The van der Waals surface area contributed by atoms with Crippen molar-refractivity contribution in [2.45, 2.75) is 13.0 Å². The number of benzene rings is 3. The fourth-order valence-corrected chi connectivity index (χ4v) is 4.65. The molecule has 1 aromatic heterocycles. The minimum atomic E-state index is -0.720. The molecule has 1 aliphatic heterocycles. The highest BCUT2D eigenvalue weighted by Crippen LogP contribution is 2.29. The van der Waals surface area contributed by atoms with Crippen LogP contribution in [0, 0.1) is 11.7 Å². The summed E-state index contributed by atoms with van der Waals surface area (Å²) >= 11 is 0. The van der Waals surface area contributed by atoms with E-state index < -0.39 is 17.1 Å². The molecule has 1 fully saturated rings. The summed E-state index contributed by atoms with van der Waals surface area (Å²) in [5, 5.41) is 0.0684. The van der Waals surface area contributed by atoms with E-state index in [1.807, 2.05) is 59.5 Å². The summed E-state index contributed by atoms with van der Waals surface area (Å²) in [6.07, 6.45) is 0.874. The Balaban J connectivity index is 1.58. The first-order chi connectivity index (χ1) is 16.5. The third kappa shape index (κ3) is 3.86. The molecule has 8 heteroatoms. The Morgan fingerprint density at radius 1 is 0.971 bits per heavy atom. The molecule has 1 aliphatic rings. The maximum absolute atomic E-state index is 15.0. The maximum atomic E-state index is 15.0. The average Bonchev–Trinajstić information content (AvgIpc) is 3.35. The van der Waals surface area contributed by atoms with E-state index in [-0.39, 0.29) is 17.8 Å². The number of halogens is 1. The summed E-state index contributed by atoms with van der Waals surface area (Å²) in [6, 6.07) is 20.6. The number of nitrogens with two attached hydrogens (primary N) is 2. The Kier molecular flexibility index (Phi) is 5.67. The average molecular weight is 460 g/mol. The maximum Gasteiger partial charge on any atom is 0.350 e. The molecule has 4 aromatic rings. The second kappa shape index (κ2) is 8.79. The van der Waals surface area contributed by atoms with Gasteiger partial charge in [-0.3, -0.25) is 9.36 Å². The lowest BCUT2D eigenvalue weighted by molar-refractivity contribution is 0.597. The minimum absolute atomic E-state index is 0.0684. The van der Waals surface area contributed by atoms with Crippen molar-refractivity contribution in [3.8, 4) is 11.1 Å². The van der Waals surface area contributed by atoms with E-state index in [0.29, 0.717) is 35.5 Å². The van der Waals surface area contributed by atoms with E-state index in [9.17, 15) is 9.59 Å². The first-order valence-corrected chi connectivity index (χ1v) is 11.3. The van der Waals surface area contributed by atoms with Gasteiger partial charge in [0, 0.05) is 13.1 Å². The van der Waals surface area contributed by atoms with Gasteiger partial charge in [-0.15, -0.1) is 0 Å². The summed E-state index contributed by atoms with van der Waals surface area (Å²) in [5.41, 5.74) is 8.15. The Morgan fingerprint density at radius 3 is 2.35 bits per heavy atom. The van der Waals surface area contributed by atoms with Crippen LogP contribution in [-0.4, -0.2) is 28.9 Å². The van der Waals surface area contributed by atoms with Crippen molar-refractivity contribution in [2.75, 3.05) is 30.4 Å². The molecular formula is C26H26FN5O2. The quantitative estimate of drug-likeness (QED) is 0.447. The van der Waals surface area contributed by atoms with Crippen molar-refractivity contribution in [2.24, 2.45) is 11.7 Å². The number of anilines is 1. The van der Waals surface area contributed by atoms with Gasteiger partial charge in [-0.05, 0) is 47.7 Å². The van der Waals surface area contributed by atoms with Gasteiger partial charge < -0.3 is 16.5 Å². The van der Waals surface area contributed by atoms with Gasteiger partial charge in [-0.2, -0.15) is 4.68 Å². The van der Waals surface area contributed by atoms with Gasteiger partial charge in [0.1, 0.15) is 5.82 Å². The second-order valence-electron chi connectivity index (χ2n) is 8.76. The van der Waals surface area contributed by atoms with Crippen molar-refractivity contribution >= 4 is 16.6 Å². The topological polar surface area (TPSA) is 99.3 Å². The van der Waals surface area contributed by atoms with Crippen LogP contribution >= 0.6 is 0 Å². The molecule has 0 aliphatic carbocycles. The zero-order valence-corrected chi connectivity index (χ0v) is 18.7. The van der Waals surface area contributed by atoms with Crippen LogP contribution in [0.2, 0.25) is 0 Å². The lowest BCUT2D eigenvalue weighted by Gasteiger charge is -2.21. The van der Waals surface area contributed by atoms with E-state index >= 15 is 4.39 Å². The predicted octanol–water partition coefficient (Wildman–Crippen LogP) is 2.52. The highest BCUT2D eigenvalue weighted by Gasteiger charge is 2.25. The lowest BCUT2D eigenvalue weighted by Crippen LogP contribution is -2.44. The van der Waals surface area contributed by atoms with Gasteiger partial charge in [0.05, 0.1) is 23.1 Å². The molecule has 34 heavy (non-hydrogen) atoms. The molecular weight excluding hydrogens is 433 g/mol. The van der Waals surface area contributed by atoms with Crippen LogP contribution in [0.15, 0.2) is 76.3 Å². The Labute approximate surface area is 195 Å². The molecule has 5 rings (SSSR count). The summed E-state index contributed by atoms with van der Waals surface area (Å²) in [4.78, 5) is 27.6. The minimum Gasteiger partial charge on any atom is -0.369 e. The van der Waals surface area contributed by atoms with E-state index in [2.05, 4.69) is 0 Å². The van der Waals surface area contributed by atoms with Crippen LogP contribution in [0.1, 0.15) is 12.0 Å². The third-order valence-electron chi connectivity index (χ3n) is 6.60. The molecule has 0 spiro atoms. The van der Waals surface area contributed by atoms with Crippen molar-refractivity contribution in [3.05, 3.63) is 98.9 Å². The first-order valence-electron chi connectivity index (χ1n) is 11.3. The van der Waals surface area contributed by atoms with Crippen molar-refractivity contribution in [1.29, 1.82) is 0 Å². The molecule has 0 radical (unpaired) electrons. The van der Waals surface area contributed by atoms with Gasteiger partial charge in [0.2, 0.25) is 0 Å². The van der Waals surface area contributed by atoms with Gasteiger partial charge in [0.15, 0.2) is 0 Å². The van der Waals surface area contributed by atoms with E-state index in [1.165, 1.54) is 10.6 Å². The first kappa shape index (κ1) is 21.9. The van der Waals surface area contributed by atoms with Crippen LogP contribution < -0.4 is 27.7 Å². The van der Waals surface area contributed by atoms with E-state index in [0.717, 1.165) is 23.1 Å². The number of aromatic nitrogens is 2. The van der Waals surface area contributed by atoms with Crippen molar-refractivity contribution in [3.63, 3.8) is 0 Å². The fourth-order valence-electron chi connectivity index (χ4n) is 4.65. The number of rotatable bonds is 5. The van der Waals surface area contributed by atoms with Gasteiger partial charge >= 0.3 is 5.69 Å². The molecule has 0 unspecified atom stereocenters. The molecule has 3 aromatic carbocycles. The van der Waals surface area contributed by atoms with Crippen LogP contribution in [0.3, 0.4) is 0 Å². The highest BCUT2D eigenvalue weighted by atomic mass is 19.1. The standard InChI is InChI=1S/C26H26FN5O2/c27-22-12-21-23(13-24(22)30-11-10-18(14-28)15-30)31(26(34)32(29)25(21)33)16-17-6-8-20(9-7-17)19-4-2-1-3-5-19/h1-9,12-13,18H,10-11,14-16,28-29H2/t18-/m0/s1. The monoisotopic (exact) mass is 459 g/mol. The number of nitrogens with zero attached hydrogens (tertiary/aromatic N) is 3. The molecule has 0 amide bonds. The lowest BCUT2D eigenvalue weighted by atomic mass is 10.0. The van der Waals surface area contributed by atoms with Crippen LogP contribution in [0.25, 0.3) is 22.0 Å². The summed E-state index contributed by atoms with van der Waals surface area (Å²) in [7, 11) is 0. The Bertz CT molecular complexity index is 1460. The van der Waals surface area contributed by atoms with E-state index in [1.54, 1.807) is 6.07 Å². The molecule has 4 N–H and O–H groups in total. The summed E-state index contributed by atoms with van der Waals surface area (Å²) in [6.45, 7) is 2.03. The normalized spacial score (nSPS) is 15.8. The van der Waals surface area contributed by atoms with Crippen LogP contribution in [0.5, 0.6) is 0 Å².